The number of morpholine rings is 1. The molecule has 0 saturated carbocycles. The summed E-state index contributed by atoms with van der Waals surface area (Å²) >= 11 is 2.34. The van der Waals surface area contributed by atoms with Gasteiger partial charge in [-0.15, -0.1) is 0 Å². The Kier molecular flexibility index (Phi) is 4.39. The lowest BCUT2D eigenvalue weighted by Gasteiger charge is -2.28. The van der Waals surface area contributed by atoms with E-state index >= 15 is 0 Å². The Morgan fingerprint density at radius 3 is 2.79 bits per heavy atom. The lowest BCUT2D eigenvalue weighted by molar-refractivity contribution is 0.122. The van der Waals surface area contributed by atoms with Crippen molar-refractivity contribution in [3.63, 3.8) is 0 Å². The van der Waals surface area contributed by atoms with Crippen LogP contribution in [-0.4, -0.2) is 50.5 Å². The number of nitrogens with zero attached hydrogens (tertiary/aromatic N) is 2. The summed E-state index contributed by atoms with van der Waals surface area (Å²) in [6, 6.07) is 4.61. The van der Waals surface area contributed by atoms with Crippen molar-refractivity contribution < 1.29 is 9.47 Å². The van der Waals surface area contributed by atoms with Gasteiger partial charge in [0.15, 0.2) is 0 Å². The number of halogens is 1. The zero-order chi connectivity index (χ0) is 13.1. The molecule has 3 heterocycles. The van der Waals surface area contributed by atoms with Gasteiger partial charge in [-0.05, 0) is 41.1 Å². The van der Waals surface area contributed by atoms with Gasteiger partial charge in [-0.25, -0.2) is 4.98 Å². The van der Waals surface area contributed by atoms with Crippen molar-refractivity contribution in [2.24, 2.45) is 0 Å². The van der Waals surface area contributed by atoms with Crippen LogP contribution in [0.3, 0.4) is 0 Å². The SMILES string of the molecule is Ic1cc(N[C@H]2CCOC2)nc(N2CCOCC2)c1. The standard InChI is InChI=1S/C13H18IN3O2/c14-10-7-12(15-11-1-4-19-9-11)16-13(8-10)17-2-5-18-6-3-17/h7-8,11H,1-6,9H2,(H,15,16)/t11-/m0/s1. The molecule has 1 aromatic rings. The third-order valence-corrected chi connectivity index (χ3v) is 4.02. The van der Waals surface area contributed by atoms with Crippen LogP contribution in [-0.2, 0) is 9.47 Å². The molecule has 1 aromatic heterocycles. The van der Waals surface area contributed by atoms with Gasteiger partial charge in [-0.1, -0.05) is 0 Å². The third kappa shape index (κ3) is 3.49. The first kappa shape index (κ1) is 13.4. The van der Waals surface area contributed by atoms with Crippen LogP contribution in [0.25, 0.3) is 0 Å². The van der Waals surface area contributed by atoms with E-state index < -0.39 is 0 Å². The van der Waals surface area contributed by atoms with E-state index in [4.69, 9.17) is 14.5 Å². The van der Waals surface area contributed by atoms with Gasteiger partial charge < -0.3 is 19.7 Å². The monoisotopic (exact) mass is 375 g/mol. The average Bonchev–Trinajstić information content (AvgIpc) is 2.92. The predicted molar refractivity (Wildman–Crippen MR) is 82.8 cm³/mol. The quantitative estimate of drug-likeness (QED) is 0.816. The minimum atomic E-state index is 0.392. The predicted octanol–water partition coefficient (Wildman–Crippen LogP) is 1.72. The number of aromatic nitrogens is 1. The van der Waals surface area contributed by atoms with E-state index in [1.165, 1.54) is 3.57 Å². The maximum absolute atomic E-state index is 5.39. The molecule has 0 radical (unpaired) electrons. The molecule has 0 spiro atoms. The van der Waals surface area contributed by atoms with Gasteiger partial charge in [0, 0.05) is 23.3 Å². The first-order chi connectivity index (χ1) is 9.31. The molecule has 6 heteroatoms. The van der Waals surface area contributed by atoms with Crippen molar-refractivity contribution in [1.82, 2.24) is 4.98 Å². The lowest BCUT2D eigenvalue weighted by Crippen LogP contribution is -2.37. The Balaban J connectivity index is 1.74. The normalized spacial score (nSPS) is 23.6. The smallest absolute Gasteiger partial charge is 0.132 e. The van der Waals surface area contributed by atoms with Crippen LogP contribution in [0.5, 0.6) is 0 Å². The molecule has 19 heavy (non-hydrogen) atoms. The zero-order valence-corrected chi connectivity index (χ0v) is 12.9. The maximum atomic E-state index is 5.39. The van der Waals surface area contributed by atoms with Gasteiger partial charge in [0.05, 0.1) is 25.9 Å². The molecule has 104 valence electrons. The number of ether oxygens (including phenoxy) is 2. The van der Waals surface area contributed by atoms with Crippen molar-refractivity contribution in [1.29, 1.82) is 0 Å². The van der Waals surface area contributed by atoms with E-state index in [0.717, 1.165) is 57.6 Å². The highest BCUT2D eigenvalue weighted by Gasteiger charge is 2.18. The van der Waals surface area contributed by atoms with Gasteiger partial charge in [0.1, 0.15) is 11.6 Å². The molecule has 0 bridgehead atoms. The van der Waals surface area contributed by atoms with Crippen LogP contribution in [0.2, 0.25) is 0 Å². The Morgan fingerprint density at radius 1 is 1.21 bits per heavy atom. The summed E-state index contributed by atoms with van der Waals surface area (Å²) in [7, 11) is 0. The highest BCUT2D eigenvalue weighted by Crippen LogP contribution is 2.21. The summed E-state index contributed by atoms with van der Waals surface area (Å²) < 4.78 is 12.0. The molecule has 0 amide bonds. The number of rotatable bonds is 3. The highest BCUT2D eigenvalue weighted by atomic mass is 127. The molecule has 0 aromatic carbocycles. The fraction of sp³-hybridized carbons (Fsp3) is 0.615. The summed E-state index contributed by atoms with van der Waals surface area (Å²) in [5, 5.41) is 3.46. The molecule has 1 N–H and O–H groups in total. The first-order valence-corrected chi connectivity index (χ1v) is 7.74. The number of hydrogen-bond acceptors (Lipinski definition) is 5. The van der Waals surface area contributed by atoms with E-state index in [0.29, 0.717) is 6.04 Å². The van der Waals surface area contributed by atoms with Crippen LogP contribution in [0.15, 0.2) is 12.1 Å². The molecule has 5 nitrogen and oxygen atoms in total. The number of pyridine rings is 1. The Hall–Kier alpha value is -0.600. The van der Waals surface area contributed by atoms with Crippen molar-refractivity contribution in [3.05, 3.63) is 15.7 Å². The Morgan fingerprint density at radius 2 is 2.05 bits per heavy atom. The zero-order valence-electron chi connectivity index (χ0n) is 10.8. The molecule has 1 atom stereocenters. The van der Waals surface area contributed by atoms with Crippen molar-refractivity contribution in [3.8, 4) is 0 Å². The summed E-state index contributed by atoms with van der Waals surface area (Å²) in [6.45, 7) is 5.02. The van der Waals surface area contributed by atoms with Gasteiger partial charge in [-0.3, -0.25) is 0 Å². The average molecular weight is 375 g/mol. The van der Waals surface area contributed by atoms with Crippen LogP contribution < -0.4 is 10.2 Å². The second kappa shape index (κ2) is 6.23. The van der Waals surface area contributed by atoms with Crippen LogP contribution in [0.4, 0.5) is 11.6 Å². The lowest BCUT2D eigenvalue weighted by atomic mass is 10.2. The summed E-state index contributed by atoms with van der Waals surface area (Å²) in [4.78, 5) is 7.00. The molecule has 2 fully saturated rings. The van der Waals surface area contributed by atoms with Crippen molar-refractivity contribution in [2.75, 3.05) is 49.7 Å². The molecule has 0 aliphatic carbocycles. The fourth-order valence-corrected chi connectivity index (χ4v) is 2.94. The number of anilines is 2. The van der Waals surface area contributed by atoms with Crippen LogP contribution >= 0.6 is 22.6 Å². The number of hydrogen-bond donors (Lipinski definition) is 1. The molecule has 0 unspecified atom stereocenters. The maximum Gasteiger partial charge on any atom is 0.132 e. The minimum absolute atomic E-state index is 0.392. The van der Waals surface area contributed by atoms with Gasteiger partial charge in [0.2, 0.25) is 0 Å². The van der Waals surface area contributed by atoms with E-state index in [2.05, 4.69) is 44.9 Å². The van der Waals surface area contributed by atoms with Crippen LogP contribution in [0.1, 0.15) is 6.42 Å². The third-order valence-electron chi connectivity index (χ3n) is 3.39. The van der Waals surface area contributed by atoms with Gasteiger partial charge in [-0.2, -0.15) is 0 Å². The summed E-state index contributed by atoms with van der Waals surface area (Å²) in [6.07, 6.45) is 1.06. The van der Waals surface area contributed by atoms with Crippen LogP contribution in [0, 0.1) is 3.57 Å². The topological polar surface area (TPSA) is 46.6 Å². The Labute approximate surface area is 126 Å². The van der Waals surface area contributed by atoms with Crippen molar-refractivity contribution in [2.45, 2.75) is 12.5 Å². The van der Waals surface area contributed by atoms with Gasteiger partial charge >= 0.3 is 0 Å². The Bertz CT molecular complexity index is 432. The van der Waals surface area contributed by atoms with E-state index in [9.17, 15) is 0 Å². The highest BCUT2D eigenvalue weighted by molar-refractivity contribution is 14.1. The van der Waals surface area contributed by atoms with E-state index in [1.54, 1.807) is 0 Å². The number of nitrogens with one attached hydrogen (secondary N) is 1. The molecular weight excluding hydrogens is 357 g/mol. The first-order valence-electron chi connectivity index (χ1n) is 6.66. The second-order valence-corrected chi connectivity index (χ2v) is 6.08. The molecular formula is C13H18IN3O2. The summed E-state index contributed by atoms with van der Waals surface area (Å²) in [5.41, 5.74) is 0. The molecule has 2 aliphatic rings. The molecule has 2 aliphatic heterocycles. The second-order valence-electron chi connectivity index (χ2n) is 4.83. The molecule has 3 rings (SSSR count). The largest absolute Gasteiger partial charge is 0.379 e. The molecule has 2 saturated heterocycles. The van der Waals surface area contributed by atoms with E-state index in [1.807, 2.05) is 0 Å². The minimum Gasteiger partial charge on any atom is -0.379 e. The van der Waals surface area contributed by atoms with Crippen molar-refractivity contribution >= 4 is 34.2 Å². The van der Waals surface area contributed by atoms with E-state index in [-0.39, 0.29) is 0 Å². The summed E-state index contributed by atoms with van der Waals surface area (Å²) in [5.74, 6) is 1.99. The van der Waals surface area contributed by atoms with Gasteiger partial charge in [0.25, 0.3) is 0 Å². The fourth-order valence-electron chi connectivity index (χ4n) is 2.37.